The van der Waals surface area contributed by atoms with Crippen molar-refractivity contribution in [2.24, 2.45) is 11.3 Å². The molecule has 3 amide bonds. The summed E-state index contributed by atoms with van der Waals surface area (Å²) in [6.45, 7) is 8.37. The topological polar surface area (TPSA) is 146 Å². The number of alkyl carbamates (subject to hydrolysis) is 1. The first-order valence-electron chi connectivity index (χ1n) is 18.0. The normalized spacial score (nSPS) is 20.3. The van der Waals surface area contributed by atoms with Gasteiger partial charge in [0.25, 0.3) is 0 Å². The Morgan fingerprint density at radius 1 is 0.843 bits per heavy atom. The predicted molar refractivity (Wildman–Crippen MR) is 192 cm³/mol. The molecule has 12 nitrogen and oxygen atoms in total. The molecule has 0 unspecified atom stereocenters. The number of carbonyl (C=O) groups excluding carboxylic acids is 3. The highest BCUT2D eigenvalue weighted by Gasteiger charge is 2.47. The van der Waals surface area contributed by atoms with Crippen molar-refractivity contribution in [3.63, 3.8) is 0 Å². The van der Waals surface area contributed by atoms with Crippen LogP contribution in [0.15, 0.2) is 60.9 Å². The molecule has 3 saturated heterocycles. The van der Waals surface area contributed by atoms with Crippen LogP contribution in [0.2, 0.25) is 0 Å². The van der Waals surface area contributed by atoms with Crippen LogP contribution in [0.25, 0.3) is 33.6 Å². The highest BCUT2D eigenvalue weighted by Crippen LogP contribution is 2.38. The van der Waals surface area contributed by atoms with E-state index in [1.807, 2.05) is 43.0 Å². The number of rotatable bonds is 10. The molecule has 3 aliphatic heterocycles. The summed E-state index contributed by atoms with van der Waals surface area (Å²) in [6.07, 6.45) is 7.13. The van der Waals surface area contributed by atoms with Crippen LogP contribution in [-0.4, -0.2) is 87.1 Å². The number of hydrogen-bond acceptors (Lipinski definition) is 7. The molecule has 7 rings (SSSR count). The van der Waals surface area contributed by atoms with Gasteiger partial charge < -0.3 is 34.6 Å². The van der Waals surface area contributed by atoms with Crippen molar-refractivity contribution in [1.29, 1.82) is 0 Å². The maximum atomic E-state index is 13.6. The van der Waals surface area contributed by atoms with Crippen LogP contribution in [0.1, 0.15) is 76.6 Å². The smallest absolute Gasteiger partial charge is 0.407 e. The summed E-state index contributed by atoms with van der Waals surface area (Å²) in [5.41, 5.74) is 5.60. The van der Waals surface area contributed by atoms with E-state index >= 15 is 0 Å². The van der Waals surface area contributed by atoms with E-state index in [4.69, 9.17) is 14.5 Å². The summed E-state index contributed by atoms with van der Waals surface area (Å²) in [6, 6.07) is 15.9. The third-order valence-corrected chi connectivity index (χ3v) is 10.4. The standard InChI is InChI=1S/C39H47N7O5/c1-24(2)19-29(44-38(49)50-4)36(47)45-17-5-7-32(45)34-40-20-30(42-34)27-13-9-25(10-14-27)26-11-15-28(16-12-26)31-21-41-35(43-31)33-8-6-18-46(33)37(48)39(3)22-51-23-39/h9-16,20-21,24,29,32-33H,5-8,17-19,22-23H2,1-4H3,(H,40,42)(H,41,43)(H,44,49)/t29-,32-,33-/m0/s1. The number of hydrogen-bond donors (Lipinski definition) is 3. The van der Waals surface area contributed by atoms with E-state index in [1.54, 1.807) is 0 Å². The number of carbonyl (C=O) groups is 3. The van der Waals surface area contributed by atoms with E-state index < -0.39 is 17.6 Å². The molecule has 5 heterocycles. The van der Waals surface area contributed by atoms with Crippen molar-refractivity contribution in [3.8, 4) is 33.6 Å². The van der Waals surface area contributed by atoms with Crippen molar-refractivity contribution >= 4 is 17.9 Å². The van der Waals surface area contributed by atoms with Crippen molar-refractivity contribution in [3.05, 3.63) is 72.6 Å². The first kappa shape index (κ1) is 34.5. The number of methoxy groups -OCH3 is 1. The van der Waals surface area contributed by atoms with E-state index in [-0.39, 0.29) is 29.8 Å². The van der Waals surface area contributed by atoms with Gasteiger partial charge in [0.2, 0.25) is 11.8 Å². The maximum Gasteiger partial charge on any atom is 0.407 e. The van der Waals surface area contributed by atoms with Gasteiger partial charge in [-0.1, -0.05) is 62.4 Å². The number of imidazole rings is 2. The number of ether oxygens (including phenoxy) is 2. The van der Waals surface area contributed by atoms with Gasteiger partial charge >= 0.3 is 6.09 Å². The number of amides is 3. The summed E-state index contributed by atoms with van der Waals surface area (Å²) in [5, 5.41) is 2.73. The maximum absolute atomic E-state index is 13.6. The Hall–Kier alpha value is -4.97. The molecule has 3 aliphatic rings. The zero-order valence-corrected chi connectivity index (χ0v) is 29.8. The molecule has 2 aromatic carbocycles. The molecule has 0 saturated carbocycles. The number of aromatic nitrogens is 4. The van der Waals surface area contributed by atoms with Gasteiger partial charge in [0.05, 0.1) is 61.6 Å². The Bertz CT molecular complexity index is 1860. The number of nitrogens with zero attached hydrogens (tertiary/aromatic N) is 4. The summed E-state index contributed by atoms with van der Waals surface area (Å²) < 4.78 is 10.1. The van der Waals surface area contributed by atoms with E-state index in [0.717, 1.165) is 77.5 Å². The van der Waals surface area contributed by atoms with Gasteiger partial charge in [-0.15, -0.1) is 0 Å². The van der Waals surface area contributed by atoms with Crippen molar-refractivity contribution in [2.45, 2.75) is 71.0 Å². The average molecular weight is 694 g/mol. The van der Waals surface area contributed by atoms with Crippen LogP contribution in [0, 0.1) is 11.3 Å². The largest absolute Gasteiger partial charge is 0.453 e. The number of benzene rings is 2. The van der Waals surface area contributed by atoms with E-state index in [9.17, 15) is 14.4 Å². The van der Waals surface area contributed by atoms with Gasteiger partial charge in [0.1, 0.15) is 17.7 Å². The second-order valence-corrected chi connectivity index (χ2v) is 14.7. The SMILES string of the molecule is COC(=O)N[C@@H](CC(C)C)C(=O)N1CCC[C@H]1c1ncc(-c2ccc(-c3ccc(-c4cnc([C@@H]5CCCN5C(=O)C5(C)COC5)[nH]4)cc3)cc2)[nH]1. The molecule has 3 atom stereocenters. The van der Waals surface area contributed by atoms with Crippen LogP contribution in [0.3, 0.4) is 0 Å². The fourth-order valence-corrected chi connectivity index (χ4v) is 7.57. The first-order valence-corrected chi connectivity index (χ1v) is 18.0. The molecule has 12 heteroatoms. The lowest BCUT2D eigenvalue weighted by Crippen LogP contribution is -2.53. The van der Waals surface area contributed by atoms with Gasteiger partial charge in [-0.2, -0.15) is 0 Å². The van der Waals surface area contributed by atoms with E-state index in [0.29, 0.717) is 26.2 Å². The highest BCUT2D eigenvalue weighted by atomic mass is 16.5. The van der Waals surface area contributed by atoms with Gasteiger partial charge in [-0.3, -0.25) is 9.59 Å². The van der Waals surface area contributed by atoms with Gasteiger partial charge in [0.15, 0.2) is 0 Å². The Morgan fingerprint density at radius 2 is 1.33 bits per heavy atom. The monoisotopic (exact) mass is 693 g/mol. The quantitative estimate of drug-likeness (QED) is 0.178. The molecule has 0 aliphatic carbocycles. The van der Waals surface area contributed by atoms with Crippen LogP contribution in [-0.2, 0) is 19.1 Å². The van der Waals surface area contributed by atoms with Gasteiger partial charge in [0, 0.05) is 13.1 Å². The third kappa shape index (κ3) is 7.01. The zero-order valence-electron chi connectivity index (χ0n) is 29.8. The van der Waals surface area contributed by atoms with Gasteiger partial charge in [-0.05, 0) is 67.2 Å². The molecule has 3 N–H and O–H groups in total. The Balaban J connectivity index is 1.00. The lowest BCUT2D eigenvalue weighted by atomic mass is 9.86. The number of likely N-dealkylation sites (tertiary alicyclic amines) is 2. The Morgan fingerprint density at radius 3 is 1.80 bits per heavy atom. The van der Waals surface area contributed by atoms with Crippen LogP contribution < -0.4 is 5.32 Å². The summed E-state index contributed by atoms with van der Waals surface area (Å²) in [7, 11) is 1.30. The van der Waals surface area contributed by atoms with Gasteiger partial charge in [-0.25, -0.2) is 14.8 Å². The minimum absolute atomic E-state index is 0.0376. The van der Waals surface area contributed by atoms with Crippen LogP contribution in [0.5, 0.6) is 0 Å². The molecule has 3 fully saturated rings. The Kier molecular flexibility index (Phi) is 9.69. The molecule has 51 heavy (non-hydrogen) atoms. The molecular weight excluding hydrogens is 646 g/mol. The van der Waals surface area contributed by atoms with Crippen molar-refractivity contribution in [1.82, 2.24) is 35.1 Å². The third-order valence-electron chi connectivity index (χ3n) is 10.4. The first-order chi connectivity index (χ1) is 24.6. The molecular formula is C39H47N7O5. The minimum atomic E-state index is -0.651. The highest BCUT2D eigenvalue weighted by molar-refractivity contribution is 5.86. The predicted octanol–water partition coefficient (Wildman–Crippen LogP) is 6.27. The number of H-pyrrole nitrogens is 2. The fraction of sp³-hybridized carbons (Fsp3) is 0.462. The fourth-order valence-electron chi connectivity index (χ4n) is 7.57. The molecule has 0 spiro atoms. The summed E-state index contributed by atoms with van der Waals surface area (Å²) >= 11 is 0. The lowest BCUT2D eigenvalue weighted by molar-refractivity contribution is -0.169. The number of aromatic amines is 2. The molecule has 0 radical (unpaired) electrons. The summed E-state index contributed by atoms with van der Waals surface area (Å²) in [5.74, 6) is 1.85. The van der Waals surface area contributed by atoms with E-state index in [2.05, 4.69) is 68.8 Å². The molecule has 2 aromatic heterocycles. The number of nitrogens with one attached hydrogen (secondary N) is 3. The molecule has 4 aromatic rings. The average Bonchev–Trinajstić information content (AvgIpc) is 3.96. The van der Waals surface area contributed by atoms with Crippen molar-refractivity contribution in [2.75, 3.05) is 33.4 Å². The van der Waals surface area contributed by atoms with Crippen LogP contribution in [0.4, 0.5) is 4.79 Å². The lowest BCUT2D eigenvalue weighted by Gasteiger charge is -2.40. The second kappa shape index (κ2) is 14.3. The van der Waals surface area contributed by atoms with E-state index in [1.165, 1.54) is 7.11 Å². The minimum Gasteiger partial charge on any atom is -0.453 e. The Labute approximate surface area is 298 Å². The second-order valence-electron chi connectivity index (χ2n) is 14.7. The molecule has 268 valence electrons. The van der Waals surface area contributed by atoms with Crippen molar-refractivity contribution < 1.29 is 23.9 Å². The summed E-state index contributed by atoms with van der Waals surface area (Å²) in [4.78, 5) is 58.9. The van der Waals surface area contributed by atoms with Crippen LogP contribution >= 0.6 is 0 Å². The zero-order chi connectivity index (χ0) is 35.7. The molecule has 0 bridgehead atoms.